The lowest BCUT2D eigenvalue weighted by atomic mass is 10.1. The predicted molar refractivity (Wildman–Crippen MR) is 80.1 cm³/mol. The van der Waals surface area contributed by atoms with Crippen molar-refractivity contribution in [1.29, 1.82) is 0 Å². The van der Waals surface area contributed by atoms with E-state index in [4.69, 9.17) is 4.74 Å². The van der Waals surface area contributed by atoms with E-state index >= 15 is 0 Å². The van der Waals surface area contributed by atoms with E-state index in [1.54, 1.807) is 0 Å². The van der Waals surface area contributed by atoms with Crippen molar-refractivity contribution in [3.8, 4) is 5.88 Å². The van der Waals surface area contributed by atoms with Gasteiger partial charge in [0.1, 0.15) is 6.61 Å². The van der Waals surface area contributed by atoms with Gasteiger partial charge in [0, 0.05) is 31.4 Å². The SMILES string of the molecule is CCCN(CCOc1cc2n(n1)CCCC2)CC1CC1. The van der Waals surface area contributed by atoms with Crippen LogP contribution in [0.5, 0.6) is 5.88 Å². The van der Waals surface area contributed by atoms with Crippen molar-refractivity contribution in [2.24, 2.45) is 5.92 Å². The molecule has 0 radical (unpaired) electrons. The zero-order valence-corrected chi connectivity index (χ0v) is 12.7. The second kappa shape index (κ2) is 6.61. The Hall–Kier alpha value is -1.03. The summed E-state index contributed by atoms with van der Waals surface area (Å²) >= 11 is 0. The minimum Gasteiger partial charge on any atom is -0.475 e. The van der Waals surface area contributed by atoms with E-state index in [0.717, 1.165) is 37.9 Å². The summed E-state index contributed by atoms with van der Waals surface area (Å²) in [5.74, 6) is 1.78. The predicted octanol–water partition coefficient (Wildman–Crippen LogP) is 2.72. The third kappa shape index (κ3) is 3.75. The quantitative estimate of drug-likeness (QED) is 0.732. The monoisotopic (exact) mass is 277 g/mol. The zero-order chi connectivity index (χ0) is 13.8. The fourth-order valence-corrected chi connectivity index (χ4v) is 3.02. The van der Waals surface area contributed by atoms with Gasteiger partial charge in [0.2, 0.25) is 5.88 Å². The van der Waals surface area contributed by atoms with E-state index in [1.807, 2.05) is 0 Å². The average Bonchev–Trinajstić information content (AvgIpc) is 3.16. The summed E-state index contributed by atoms with van der Waals surface area (Å²) in [7, 11) is 0. The van der Waals surface area contributed by atoms with E-state index in [-0.39, 0.29) is 0 Å². The molecule has 1 aliphatic heterocycles. The molecule has 0 N–H and O–H groups in total. The third-order valence-corrected chi connectivity index (χ3v) is 4.30. The van der Waals surface area contributed by atoms with E-state index in [2.05, 4.69) is 27.7 Å². The largest absolute Gasteiger partial charge is 0.475 e. The molecule has 0 saturated heterocycles. The molecule has 20 heavy (non-hydrogen) atoms. The molecule has 1 aromatic heterocycles. The molecule has 4 heteroatoms. The molecule has 2 heterocycles. The summed E-state index contributed by atoms with van der Waals surface area (Å²) in [6, 6.07) is 2.13. The molecule has 4 nitrogen and oxygen atoms in total. The molecule has 0 amide bonds. The molecule has 3 rings (SSSR count). The fraction of sp³-hybridized carbons (Fsp3) is 0.812. The number of nitrogens with zero attached hydrogens (tertiary/aromatic N) is 3. The molecule has 1 aliphatic carbocycles. The molecule has 0 spiro atoms. The maximum absolute atomic E-state index is 5.86. The zero-order valence-electron chi connectivity index (χ0n) is 12.7. The van der Waals surface area contributed by atoms with Gasteiger partial charge >= 0.3 is 0 Å². The minimum atomic E-state index is 0.767. The Labute approximate surface area is 122 Å². The van der Waals surface area contributed by atoms with E-state index in [9.17, 15) is 0 Å². The van der Waals surface area contributed by atoms with Gasteiger partial charge in [0.25, 0.3) is 0 Å². The molecular weight excluding hydrogens is 250 g/mol. The van der Waals surface area contributed by atoms with Crippen LogP contribution < -0.4 is 4.74 Å². The summed E-state index contributed by atoms with van der Waals surface area (Å²) < 4.78 is 7.98. The normalized spacial score (nSPS) is 18.3. The van der Waals surface area contributed by atoms with Crippen molar-refractivity contribution < 1.29 is 4.74 Å². The van der Waals surface area contributed by atoms with Gasteiger partial charge in [-0.25, -0.2) is 0 Å². The Kier molecular flexibility index (Phi) is 4.61. The van der Waals surface area contributed by atoms with Crippen LogP contribution in [0.25, 0.3) is 0 Å². The molecule has 0 bridgehead atoms. The maximum atomic E-state index is 5.86. The number of ether oxygens (including phenoxy) is 1. The summed E-state index contributed by atoms with van der Waals surface area (Å²) in [5, 5.41) is 4.54. The number of rotatable bonds is 8. The van der Waals surface area contributed by atoms with Crippen molar-refractivity contribution in [3.05, 3.63) is 11.8 Å². The maximum Gasteiger partial charge on any atom is 0.233 e. The molecule has 1 saturated carbocycles. The average molecular weight is 277 g/mol. The molecule has 2 aliphatic rings. The number of fused-ring (bicyclic) bond motifs is 1. The van der Waals surface area contributed by atoms with E-state index in [1.165, 1.54) is 50.9 Å². The van der Waals surface area contributed by atoms with Crippen LogP contribution in [0, 0.1) is 5.92 Å². The van der Waals surface area contributed by atoms with Crippen LogP contribution in [0.1, 0.15) is 44.7 Å². The topological polar surface area (TPSA) is 30.3 Å². The molecular formula is C16H27N3O. The van der Waals surface area contributed by atoms with Crippen LogP contribution in [0.4, 0.5) is 0 Å². The van der Waals surface area contributed by atoms with Crippen molar-refractivity contribution in [2.45, 2.75) is 52.0 Å². The van der Waals surface area contributed by atoms with Crippen LogP contribution in [0.2, 0.25) is 0 Å². The molecule has 0 unspecified atom stereocenters. The molecule has 1 aromatic rings. The smallest absolute Gasteiger partial charge is 0.233 e. The first-order valence-electron chi connectivity index (χ1n) is 8.27. The summed E-state index contributed by atoms with van der Waals surface area (Å²) in [6.45, 7) is 7.57. The van der Waals surface area contributed by atoms with E-state index in [0.29, 0.717) is 0 Å². The highest BCUT2D eigenvalue weighted by molar-refractivity contribution is 5.16. The molecule has 0 aromatic carbocycles. The minimum absolute atomic E-state index is 0.767. The fourth-order valence-electron chi connectivity index (χ4n) is 3.02. The Morgan fingerprint density at radius 2 is 2.25 bits per heavy atom. The van der Waals surface area contributed by atoms with Gasteiger partial charge in [-0.1, -0.05) is 6.92 Å². The Balaban J connectivity index is 1.44. The van der Waals surface area contributed by atoms with Crippen LogP contribution in [-0.2, 0) is 13.0 Å². The Morgan fingerprint density at radius 3 is 3.00 bits per heavy atom. The van der Waals surface area contributed by atoms with Crippen molar-refractivity contribution >= 4 is 0 Å². The highest BCUT2D eigenvalue weighted by Gasteiger charge is 2.23. The highest BCUT2D eigenvalue weighted by atomic mass is 16.5. The van der Waals surface area contributed by atoms with Crippen molar-refractivity contribution in [1.82, 2.24) is 14.7 Å². The summed E-state index contributed by atoms with van der Waals surface area (Å²) in [5.41, 5.74) is 1.34. The van der Waals surface area contributed by atoms with Gasteiger partial charge in [-0.3, -0.25) is 9.58 Å². The van der Waals surface area contributed by atoms with Crippen LogP contribution >= 0.6 is 0 Å². The van der Waals surface area contributed by atoms with Crippen LogP contribution in [-0.4, -0.2) is 40.9 Å². The van der Waals surface area contributed by atoms with E-state index < -0.39 is 0 Å². The van der Waals surface area contributed by atoms with Gasteiger partial charge in [0.05, 0.1) is 0 Å². The third-order valence-electron chi connectivity index (χ3n) is 4.30. The Morgan fingerprint density at radius 1 is 1.35 bits per heavy atom. The standard InChI is InChI=1S/C16H27N3O/c1-2-8-18(13-14-6-7-14)10-11-20-16-12-15-5-3-4-9-19(15)17-16/h12,14H,2-11,13H2,1H3. The Bertz CT molecular complexity index is 402. The number of hydrogen-bond acceptors (Lipinski definition) is 3. The van der Waals surface area contributed by atoms with Crippen molar-refractivity contribution in [2.75, 3.05) is 26.2 Å². The number of aryl methyl sites for hydroxylation is 2. The molecule has 112 valence electrons. The number of hydrogen-bond donors (Lipinski definition) is 0. The van der Waals surface area contributed by atoms with Gasteiger partial charge in [-0.2, -0.15) is 0 Å². The van der Waals surface area contributed by atoms with Gasteiger partial charge < -0.3 is 4.74 Å². The van der Waals surface area contributed by atoms with Crippen LogP contribution in [0.3, 0.4) is 0 Å². The lowest BCUT2D eigenvalue weighted by molar-refractivity contribution is 0.198. The molecule has 1 fully saturated rings. The second-order valence-electron chi connectivity index (χ2n) is 6.25. The van der Waals surface area contributed by atoms with Gasteiger partial charge in [-0.05, 0) is 51.0 Å². The first kappa shape index (κ1) is 13.9. The summed E-state index contributed by atoms with van der Waals surface area (Å²) in [4.78, 5) is 2.55. The highest BCUT2D eigenvalue weighted by Crippen LogP contribution is 2.29. The van der Waals surface area contributed by atoms with Gasteiger partial charge in [0.15, 0.2) is 0 Å². The first-order chi connectivity index (χ1) is 9.85. The molecule has 0 atom stereocenters. The summed E-state index contributed by atoms with van der Waals surface area (Å²) in [6.07, 6.45) is 7.77. The number of aromatic nitrogens is 2. The van der Waals surface area contributed by atoms with Crippen molar-refractivity contribution in [3.63, 3.8) is 0 Å². The van der Waals surface area contributed by atoms with Crippen LogP contribution in [0.15, 0.2) is 6.07 Å². The lowest BCUT2D eigenvalue weighted by Gasteiger charge is -2.21. The second-order valence-corrected chi connectivity index (χ2v) is 6.25. The lowest BCUT2D eigenvalue weighted by Crippen LogP contribution is -2.31. The van der Waals surface area contributed by atoms with Gasteiger partial charge in [-0.15, -0.1) is 5.10 Å². The first-order valence-corrected chi connectivity index (χ1v) is 8.27.